The smallest absolute Gasteiger partial charge is 0.216 e. The van der Waals surface area contributed by atoms with Crippen LogP contribution in [0.15, 0.2) is 0 Å². The third kappa shape index (κ3) is 3.09. The van der Waals surface area contributed by atoms with Gasteiger partial charge < -0.3 is 15.2 Å². The Labute approximate surface area is 115 Å². The normalized spacial score (nSPS) is 23.6. The van der Waals surface area contributed by atoms with Gasteiger partial charge in [-0.2, -0.15) is 5.10 Å². The third-order valence-electron chi connectivity index (χ3n) is 3.97. The fourth-order valence-corrected chi connectivity index (χ4v) is 2.91. The minimum atomic E-state index is -0.221. The van der Waals surface area contributed by atoms with Crippen molar-refractivity contribution in [1.82, 2.24) is 15.1 Å². The molecule has 2 rings (SSSR count). The molecule has 0 aliphatic heterocycles. The second kappa shape index (κ2) is 6.39. The molecular weight excluding hydrogens is 242 g/mol. The van der Waals surface area contributed by atoms with Gasteiger partial charge in [0.25, 0.3) is 0 Å². The number of aromatic nitrogens is 2. The van der Waals surface area contributed by atoms with Crippen molar-refractivity contribution in [2.24, 2.45) is 7.05 Å². The zero-order chi connectivity index (χ0) is 13.8. The number of hydrogen-bond acceptors (Lipinski definition) is 4. The van der Waals surface area contributed by atoms with E-state index in [-0.39, 0.29) is 12.1 Å². The van der Waals surface area contributed by atoms with E-state index >= 15 is 0 Å². The first-order valence-corrected chi connectivity index (χ1v) is 7.17. The summed E-state index contributed by atoms with van der Waals surface area (Å²) in [6.07, 6.45) is 4.95. The summed E-state index contributed by atoms with van der Waals surface area (Å²) in [5.74, 6) is 0.814. The minimum Gasteiger partial charge on any atom is -0.481 e. The van der Waals surface area contributed by atoms with E-state index in [0.717, 1.165) is 42.8 Å². The number of aryl methyl sites for hydroxylation is 2. The molecule has 5 nitrogen and oxygen atoms in total. The number of ether oxygens (including phenoxy) is 1. The van der Waals surface area contributed by atoms with E-state index in [1.165, 1.54) is 6.42 Å². The Morgan fingerprint density at radius 1 is 1.42 bits per heavy atom. The molecule has 1 fully saturated rings. The second-order valence-corrected chi connectivity index (χ2v) is 5.25. The van der Waals surface area contributed by atoms with E-state index in [4.69, 9.17) is 4.74 Å². The average molecular weight is 267 g/mol. The van der Waals surface area contributed by atoms with E-state index in [1.54, 1.807) is 11.8 Å². The Kier molecular flexibility index (Phi) is 4.82. The van der Waals surface area contributed by atoms with Crippen LogP contribution >= 0.6 is 0 Å². The van der Waals surface area contributed by atoms with Crippen molar-refractivity contribution < 1.29 is 9.84 Å². The van der Waals surface area contributed by atoms with Gasteiger partial charge in [0.05, 0.1) is 24.5 Å². The van der Waals surface area contributed by atoms with Crippen LogP contribution in [-0.2, 0) is 20.0 Å². The van der Waals surface area contributed by atoms with Crippen LogP contribution in [0.3, 0.4) is 0 Å². The summed E-state index contributed by atoms with van der Waals surface area (Å²) in [6, 6.07) is 0.198. The summed E-state index contributed by atoms with van der Waals surface area (Å²) < 4.78 is 7.21. The fourth-order valence-electron chi connectivity index (χ4n) is 2.91. The lowest BCUT2D eigenvalue weighted by Gasteiger charge is -2.28. The first kappa shape index (κ1) is 14.3. The molecule has 0 saturated heterocycles. The van der Waals surface area contributed by atoms with Gasteiger partial charge >= 0.3 is 0 Å². The minimum absolute atomic E-state index is 0.198. The van der Waals surface area contributed by atoms with E-state index < -0.39 is 0 Å². The summed E-state index contributed by atoms with van der Waals surface area (Å²) in [4.78, 5) is 0. The van der Waals surface area contributed by atoms with Gasteiger partial charge in [-0.25, -0.2) is 4.68 Å². The van der Waals surface area contributed by atoms with Gasteiger partial charge in [0.1, 0.15) is 0 Å². The number of methoxy groups -OCH3 is 1. The van der Waals surface area contributed by atoms with E-state index in [1.807, 2.05) is 7.05 Å². The van der Waals surface area contributed by atoms with Crippen LogP contribution in [0.5, 0.6) is 5.88 Å². The first-order valence-electron chi connectivity index (χ1n) is 7.17. The SMILES string of the molecule is CCc1nn(C)c(OC)c1CNC1CCCCC1O. The zero-order valence-electron chi connectivity index (χ0n) is 12.1. The molecule has 1 aromatic heterocycles. The highest BCUT2D eigenvalue weighted by Gasteiger charge is 2.24. The van der Waals surface area contributed by atoms with Gasteiger partial charge in [0, 0.05) is 19.6 Å². The highest BCUT2D eigenvalue weighted by atomic mass is 16.5. The van der Waals surface area contributed by atoms with Crippen LogP contribution in [0.25, 0.3) is 0 Å². The Morgan fingerprint density at radius 3 is 2.79 bits per heavy atom. The van der Waals surface area contributed by atoms with Crippen molar-refractivity contribution in [3.63, 3.8) is 0 Å². The summed E-state index contributed by atoms with van der Waals surface area (Å²) >= 11 is 0. The molecule has 5 heteroatoms. The van der Waals surface area contributed by atoms with Crippen molar-refractivity contribution in [3.05, 3.63) is 11.3 Å². The molecule has 0 aromatic carbocycles. The molecule has 2 unspecified atom stereocenters. The van der Waals surface area contributed by atoms with Crippen molar-refractivity contribution in [3.8, 4) is 5.88 Å². The predicted molar refractivity (Wildman–Crippen MR) is 74.2 cm³/mol. The highest BCUT2D eigenvalue weighted by Crippen LogP contribution is 2.24. The summed E-state index contributed by atoms with van der Waals surface area (Å²) in [5.41, 5.74) is 2.18. The quantitative estimate of drug-likeness (QED) is 0.846. The van der Waals surface area contributed by atoms with Gasteiger partial charge in [-0.05, 0) is 19.3 Å². The molecule has 19 heavy (non-hydrogen) atoms. The molecule has 2 atom stereocenters. The van der Waals surface area contributed by atoms with Gasteiger partial charge in [-0.1, -0.05) is 19.8 Å². The van der Waals surface area contributed by atoms with Gasteiger partial charge in [0.15, 0.2) is 0 Å². The lowest BCUT2D eigenvalue weighted by molar-refractivity contribution is 0.0901. The topological polar surface area (TPSA) is 59.3 Å². The zero-order valence-corrected chi connectivity index (χ0v) is 12.1. The molecule has 2 N–H and O–H groups in total. The summed E-state index contributed by atoms with van der Waals surface area (Å²) in [7, 11) is 3.58. The molecule has 108 valence electrons. The number of nitrogens with one attached hydrogen (secondary N) is 1. The van der Waals surface area contributed by atoms with Crippen LogP contribution in [0.1, 0.15) is 43.9 Å². The molecule has 1 aromatic rings. The molecule has 0 bridgehead atoms. The number of hydrogen-bond donors (Lipinski definition) is 2. The maximum Gasteiger partial charge on any atom is 0.216 e. The Morgan fingerprint density at radius 2 is 2.16 bits per heavy atom. The van der Waals surface area contributed by atoms with Crippen molar-refractivity contribution >= 4 is 0 Å². The average Bonchev–Trinajstić information content (AvgIpc) is 2.73. The second-order valence-electron chi connectivity index (χ2n) is 5.25. The molecule has 0 spiro atoms. The highest BCUT2D eigenvalue weighted by molar-refractivity contribution is 5.31. The Balaban J connectivity index is 2.05. The lowest BCUT2D eigenvalue weighted by Crippen LogP contribution is -2.41. The Bertz CT molecular complexity index is 417. The fraction of sp³-hybridized carbons (Fsp3) is 0.786. The van der Waals surface area contributed by atoms with Crippen LogP contribution in [-0.4, -0.2) is 34.1 Å². The van der Waals surface area contributed by atoms with Crippen molar-refractivity contribution in [2.45, 2.75) is 57.7 Å². The molecular formula is C14H25N3O2. The molecule has 1 heterocycles. The maximum atomic E-state index is 9.99. The number of aliphatic hydroxyl groups excluding tert-OH is 1. The number of rotatable bonds is 5. The number of aliphatic hydroxyl groups is 1. The van der Waals surface area contributed by atoms with Crippen LogP contribution < -0.4 is 10.1 Å². The first-order chi connectivity index (χ1) is 9.17. The largest absolute Gasteiger partial charge is 0.481 e. The maximum absolute atomic E-state index is 9.99. The van der Waals surface area contributed by atoms with Gasteiger partial charge in [-0.3, -0.25) is 0 Å². The molecule has 0 radical (unpaired) electrons. The van der Waals surface area contributed by atoms with Crippen molar-refractivity contribution in [1.29, 1.82) is 0 Å². The van der Waals surface area contributed by atoms with E-state index in [9.17, 15) is 5.11 Å². The van der Waals surface area contributed by atoms with Gasteiger partial charge in [-0.15, -0.1) is 0 Å². The number of nitrogens with zero attached hydrogens (tertiary/aromatic N) is 2. The van der Waals surface area contributed by atoms with Crippen LogP contribution in [0, 0.1) is 0 Å². The monoisotopic (exact) mass is 267 g/mol. The molecule has 1 saturated carbocycles. The molecule has 1 aliphatic rings. The van der Waals surface area contributed by atoms with E-state index in [2.05, 4.69) is 17.3 Å². The van der Waals surface area contributed by atoms with Gasteiger partial charge in [0.2, 0.25) is 5.88 Å². The molecule has 0 amide bonds. The summed E-state index contributed by atoms with van der Waals surface area (Å²) in [5, 5.41) is 17.9. The van der Waals surface area contributed by atoms with Crippen LogP contribution in [0.2, 0.25) is 0 Å². The lowest BCUT2D eigenvalue weighted by atomic mass is 9.92. The summed E-state index contributed by atoms with van der Waals surface area (Å²) in [6.45, 7) is 2.81. The van der Waals surface area contributed by atoms with Crippen LogP contribution in [0.4, 0.5) is 0 Å². The Hall–Kier alpha value is -1.07. The van der Waals surface area contributed by atoms with E-state index in [0.29, 0.717) is 6.54 Å². The standard InChI is InChI=1S/C14H25N3O2/c1-4-11-10(14(19-3)17(2)16-11)9-15-12-7-5-6-8-13(12)18/h12-13,15,18H,4-9H2,1-3H3. The molecule has 1 aliphatic carbocycles. The third-order valence-corrected chi connectivity index (χ3v) is 3.97. The predicted octanol–water partition coefficient (Wildman–Crippen LogP) is 1.38. The van der Waals surface area contributed by atoms with Crippen molar-refractivity contribution in [2.75, 3.05) is 7.11 Å².